The monoisotopic (exact) mass is 231 g/mol. The molecule has 90 valence electrons. The summed E-state index contributed by atoms with van der Waals surface area (Å²) in [5.41, 5.74) is 7.39. The van der Waals surface area contributed by atoms with Crippen LogP contribution in [0.2, 0.25) is 0 Å². The number of nitrogens with two attached hydrogens (primary N) is 1. The topological polar surface area (TPSA) is 55.5 Å². The molecule has 0 spiro atoms. The highest BCUT2D eigenvalue weighted by Gasteiger charge is 2.54. The van der Waals surface area contributed by atoms with Crippen LogP contribution < -0.4 is 5.73 Å². The number of aliphatic hydroxyl groups excluding tert-OH is 1. The Morgan fingerprint density at radius 2 is 1.94 bits per heavy atom. The summed E-state index contributed by atoms with van der Waals surface area (Å²) in [6, 6.07) is 0. The fraction of sp³-hybridized carbons (Fsp3) is 0.286. The number of ether oxygens (including phenoxy) is 1. The first-order chi connectivity index (χ1) is 8.20. The summed E-state index contributed by atoms with van der Waals surface area (Å²) >= 11 is 0. The molecule has 0 aromatic heterocycles. The summed E-state index contributed by atoms with van der Waals surface area (Å²) in [5.74, 6) is -0.0906. The Labute approximate surface area is 101 Å². The molecule has 0 aromatic rings. The maximum Gasteiger partial charge on any atom is 0.287 e. The van der Waals surface area contributed by atoms with Crippen LogP contribution in [0.1, 0.15) is 19.8 Å². The molecule has 1 saturated carbocycles. The summed E-state index contributed by atoms with van der Waals surface area (Å²) in [6.07, 6.45) is 14.4. The van der Waals surface area contributed by atoms with E-state index in [0.29, 0.717) is 0 Å². The third-order valence-electron chi connectivity index (χ3n) is 2.96. The predicted octanol–water partition coefficient (Wildman–Crippen LogP) is 2.85. The summed E-state index contributed by atoms with van der Waals surface area (Å²) in [6.45, 7) is 2.07. The maximum absolute atomic E-state index is 9.83. The standard InChI is InChI=1S/C14H17NO2/c1-2-9-14(15)11-8-6-4-3-5-7-10-17-13(16)12(11)14/h3-8,10,16H,2,9,15H2,1H3/b5-3-,6-4+,10-7-,11-8?,13-12?. The Balaban J connectivity index is 2.36. The third kappa shape index (κ3) is 2.19. The lowest BCUT2D eigenvalue weighted by Gasteiger charge is -2.04. The molecule has 17 heavy (non-hydrogen) atoms. The second kappa shape index (κ2) is 4.63. The molecule has 3 N–H and O–H groups in total. The average molecular weight is 231 g/mol. The van der Waals surface area contributed by atoms with Crippen molar-refractivity contribution < 1.29 is 9.84 Å². The first-order valence-corrected chi connectivity index (χ1v) is 5.80. The number of allylic oxidation sites excluding steroid dienone is 6. The van der Waals surface area contributed by atoms with E-state index >= 15 is 0 Å². The van der Waals surface area contributed by atoms with E-state index in [-0.39, 0.29) is 5.95 Å². The van der Waals surface area contributed by atoms with Gasteiger partial charge in [-0.05, 0) is 18.1 Å². The molecule has 2 aliphatic rings. The van der Waals surface area contributed by atoms with Gasteiger partial charge in [-0.15, -0.1) is 0 Å². The molecule has 1 aliphatic carbocycles. The molecule has 1 heterocycles. The summed E-state index contributed by atoms with van der Waals surface area (Å²) in [4.78, 5) is 0. The van der Waals surface area contributed by atoms with Crippen molar-refractivity contribution in [1.82, 2.24) is 0 Å². The van der Waals surface area contributed by atoms with Crippen molar-refractivity contribution in [2.75, 3.05) is 0 Å². The minimum Gasteiger partial charge on any atom is -0.480 e. The van der Waals surface area contributed by atoms with Crippen LogP contribution in [0.25, 0.3) is 0 Å². The third-order valence-corrected chi connectivity index (χ3v) is 2.96. The molecule has 0 amide bonds. The van der Waals surface area contributed by atoms with Gasteiger partial charge in [0, 0.05) is 0 Å². The fourth-order valence-electron chi connectivity index (χ4n) is 2.10. The highest BCUT2D eigenvalue weighted by Crippen LogP contribution is 2.52. The fourth-order valence-corrected chi connectivity index (χ4v) is 2.10. The van der Waals surface area contributed by atoms with Crippen LogP contribution in [0.15, 0.2) is 59.8 Å². The zero-order valence-electron chi connectivity index (χ0n) is 9.89. The normalized spacial score (nSPS) is 32.7. The zero-order chi connectivity index (χ0) is 12.3. The van der Waals surface area contributed by atoms with E-state index in [4.69, 9.17) is 10.5 Å². The van der Waals surface area contributed by atoms with E-state index in [1.807, 2.05) is 30.4 Å². The van der Waals surface area contributed by atoms with E-state index in [2.05, 4.69) is 6.92 Å². The second-order valence-electron chi connectivity index (χ2n) is 4.20. The maximum atomic E-state index is 9.83. The van der Waals surface area contributed by atoms with E-state index in [0.717, 1.165) is 24.0 Å². The van der Waals surface area contributed by atoms with Gasteiger partial charge in [-0.2, -0.15) is 0 Å². The summed E-state index contributed by atoms with van der Waals surface area (Å²) < 4.78 is 5.12. The molecule has 3 nitrogen and oxygen atoms in total. The van der Waals surface area contributed by atoms with Crippen LogP contribution in [-0.4, -0.2) is 10.6 Å². The minimum atomic E-state index is -0.514. The van der Waals surface area contributed by atoms with Crippen LogP contribution in [0.3, 0.4) is 0 Å². The Morgan fingerprint density at radius 3 is 2.71 bits per heavy atom. The molecule has 1 atom stereocenters. The van der Waals surface area contributed by atoms with Crippen LogP contribution in [0, 0.1) is 0 Å². The molecule has 0 saturated heterocycles. The van der Waals surface area contributed by atoms with Gasteiger partial charge in [0.15, 0.2) is 0 Å². The van der Waals surface area contributed by atoms with Crippen LogP contribution in [0.4, 0.5) is 0 Å². The van der Waals surface area contributed by atoms with Gasteiger partial charge in [-0.25, -0.2) is 0 Å². The number of fused-ring (bicyclic) bond motifs is 1. The van der Waals surface area contributed by atoms with Crippen molar-refractivity contribution in [2.24, 2.45) is 5.73 Å². The lowest BCUT2D eigenvalue weighted by Crippen LogP contribution is -2.23. The van der Waals surface area contributed by atoms with Gasteiger partial charge in [0.25, 0.3) is 5.95 Å². The molecule has 0 radical (unpaired) electrons. The predicted molar refractivity (Wildman–Crippen MR) is 68.1 cm³/mol. The quantitative estimate of drug-likeness (QED) is 0.768. The summed E-state index contributed by atoms with van der Waals surface area (Å²) in [7, 11) is 0. The van der Waals surface area contributed by atoms with Gasteiger partial charge in [0.1, 0.15) is 0 Å². The van der Waals surface area contributed by atoms with E-state index in [1.54, 1.807) is 6.08 Å². The highest BCUT2D eigenvalue weighted by molar-refractivity contribution is 5.69. The van der Waals surface area contributed by atoms with Gasteiger partial charge >= 0.3 is 0 Å². The van der Waals surface area contributed by atoms with Crippen LogP contribution >= 0.6 is 0 Å². The number of aliphatic hydroxyl groups is 1. The van der Waals surface area contributed by atoms with E-state index in [1.165, 1.54) is 6.26 Å². The molecule has 1 aliphatic heterocycles. The van der Waals surface area contributed by atoms with Gasteiger partial charge in [0.2, 0.25) is 0 Å². The second-order valence-corrected chi connectivity index (χ2v) is 4.20. The van der Waals surface area contributed by atoms with Gasteiger partial charge in [-0.1, -0.05) is 43.7 Å². The Kier molecular flexibility index (Phi) is 3.20. The molecular weight excluding hydrogens is 214 g/mol. The smallest absolute Gasteiger partial charge is 0.287 e. The molecule has 1 unspecified atom stereocenters. The van der Waals surface area contributed by atoms with Crippen molar-refractivity contribution in [3.05, 3.63) is 59.8 Å². The van der Waals surface area contributed by atoms with Crippen molar-refractivity contribution in [3.63, 3.8) is 0 Å². The molecule has 0 bridgehead atoms. The van der Waals surface area contributed by atoms with Gasteiger partial charge in [0.05, 0.1) is 17.4 Å². The largest absolute Gasteiger partial charge is 0.480 e. The van der Waals surface area contributed by atoms with Crippen LogP contribution in [-0.2, 0) is 4.74 Å². The lowest BCUT2D eigenvalue weighted by molar-refractivity contribution is 0.165. The first kappa shape index (κ1) is 11.7. The molecule has 0 aromatic carbocycles. The van der Waals surface area contributed by atoms with Gasteiger partial charge in [-0.3, -0.25) is 0 Å². The minimum absolute atomic E-state index is 0.0906. The Morgan fingerprint density at radius 1 is 1.24 bits per heavy atom. The Bertz CT molecular complexity index is 455. The van der Waals surface area contributed by atoms with E-state index in [9.17, 15) is 5.11 Å². The molecule has 2 rings (SSSR count). The molecular formula is C14H17NO2. The number of hydrogen-bond donors (Lipinski definition) is 2. The van der Waals surface area contributed by atoms with Crippen molar-refractivity contribution in [3.8, 4) is 0 Å². The average Bonchev–Trinajstić information content (AvgIpc) is 2.88. The lowest BCUT2D eigenvalue weighted by atomic mass is 10.1. The molecule has 3 heteroatoms. The Hall–Kier alpha value is -1.74. The number of rotatable bonds is 2. The summed E-state index contributed by atoms with van der Waals surface area (Å²) in [5, 5.41) is 9.83. The zero-order valence-corrected chi connectivity index (χ0v) is 9.89. The molecule has 1 fully saturated rings. The van der Waals surface area contributed by atoms with Crippen molar-refractivity contribution >= 4 is 0 Å². The van der Waals surface area contributed by atoms with Crippen molar-refractivity contribution in [1.29, 1.82) is 0 Å². The van der Waals surface area contributed by atoms with E-state index < -0.39 is 5.54 Å². The van der Waals surface area contributed by atoms with Gasteiger partial charge < -0.3 is 15.6 Å². The highest BCUT2D eigenvalue weighted by atomic mass is 16.6. The van der Waals surface area contributed by atoms with Crippen molar-refractivity contribution in [2.45, 2.75) is 25.3 Å². The number of hydrogen-bond acceptors (Lipinski definition) is 3. The van der Waals surface area contributed by atoms with Crippen LogP contribution in [0.5, 0.6) is 0 Å². The first-order valence-electron chi connectivity index (χ1n) is 5.80. The SMILES string of the molecule is CCCC1(N)C2=C/C=C/C=C\C=C/OC(O)=C21.